The first kappa shape index (κ1) is 20.5. The number of hydrogen-bond acceptors (Lipinski definition) is 3. The zero-order chi connectivity index (χ0) is 20.5. The van der Waals surface area contributed by atoms with Gasteiger partial charge in [0.15, 0.2) is 5.96 Å². The summed E-state index contributed by atoms with van der Waals surface area (Å²) in [7, 11) is 3.28. The molecule has 0 radical (unpaired) electrons. The van der Waals surface area contributed by atoms with Gasteiger partial charge >= 0.3 is 0 Å². The predicted molar refractivity (Wildman–Crippen MR) is 112 cm³/mol. The molecule has 29 heavy (non-hydrogen) atoms. The van der Waals surface area contributed by atoms with Gasteiger partial charge in [-0.3, -0.25) is 9.67 Å². The van der Waals surface area contributed by atoms with Crippen LogP contribution in [0.25, 0.3) is 0 Å². The van der Waals surface area contributed by atoms with Crippen molar-refractivity contribution in [2.75, 3.05) is 14.2 Å². The second-order valence-electron chi connectivity index (χ2n) is 6.61. The van der Waals surface area contributed by atoms with Crippen LogP contribution in [-0.4, -0.2) is 29.9 Å². The van der Waals surface area contributed by atoms with E-state index in [1.807, 2.05) is 29.1 Å². The van der Waals surface area contributed by atoms with Crippen LogP contribution in [0.5, 0.6) is 0 Å². The zero-order valence-corrected chi connectivity index (χ0v) is 16.7. The van der Waals surface area contributed by atoms with Gasteiger partial charge in [0, 0.05) is 45.2 Å². The summed E-state index contributed by atoms with van der Waals surface area (Å²) < 4.78 is 20.7. The highest BCUT2D eigenvalue weighted by Gasteiger charge is 2.06. The first-order chi connectivity index (χ1) is 14.2. The van der Waals surface area contributed by atoms with Gasteiger partial charge in [0.25, 0.3) is 0 Å². The van der Waals surface area contributed by atoms with Crippen LogP contribution < -0.4 is 10.6 Å². The van der Waals surface area contributed by atoms with Gasteiger partial charge < -0.3 is 15.4 Å². The molecule has 6 nitrogen and oxygen atoms in total. The topological polar surface area (TPSA) is 63.5 Å². The molecular formula is C22H26FN5O. The minimum atomic E-state index is -0.258. The molecule has 2 aromatic carbocycles. The summed E-state index contributed by atoms with van der Waals surface area (Å²) in [4.78, 5) is 4.28. The van der Waals surface area contributed by atoms with Crippen molar-refractivity contribution in [1.82, 2.24) is 20.4 Å². The standard InChI is InChI=1S/C22H26FN5O/c1-24-22(25-13-17-8-9-21(23)20(12-17)16-29-2)26-14-18-6-3-4-7-19(18)15-28-11-5-10-27-28/h3-12H,13-16H2,1-2H3,(H2,24,25,26). The number of hydrogen-bond donors (Lipinski definition) is 2. The third-order valence-corrected chi connectivity index (χ3v) is 4.55. The number of nitrogens with one attached hydrogen (secondary N) is 2. The van der Waals surface area contributed by atoms with Crippen molar-refractivity contribution in [2.24, 2.45) is 4.99 Å². The Balaban J connectivity index is 1.58. The Kier molecular flexibility index (Phi) is 7.35. The lowest BCUT2D eigenvalue weighted by atomic mass is 10.1. The van der Waals surface area contributed by atoms with Gasteiger partial charge in [-0.2, -0.15) is 5.10 Å². The van der Waals surface area contributed by atoms with Crippen LogP contribution in [0.15, 0.2) is 65.9 Å². The van der Waals surface area contributed by atoms with Gasteiger partial charge in [-0.15, -0.1) is 0 Å². The van der Waals surface area contributed by atoms with Crippen molar-refractivity contribution in [2.45, 2.75) is 26.2 Å². The molecule has 2 N–H and O–H groups in total. The van der Waals surface area contributed by atoms with Crippen molar-refractivity contribution in [1.29, 1.82) is 0 Å². The van der Waals surface area contributed by atoms with E-state index in [0.717, 1.165) is 12.1 Å². The highest BCUT2D eigenvalue weighted by molar-refractivity contribution is 5.79. The third-order valence-electron chi connectivity index (χ3n) is 4.55. The molecule has 0 amide bonds. The molecule has 0 saturated carbocycles. The average Bonchev–Trinajstić information content (AvgIpc) is 3.25. The van der Waals surface area contributed by atoms with E-state index in [9.17, 15) is 4.39 Å². The molecule has 0 bridgehead atoms. The van der Waals surface area contributed by atoms with Gasteiger partial charge in [0.1, 0.15) is 5.82 Å². The molecule has 3 aromatic rings. The molecule has 0 unspecified atom stereocenters. The molecule has 0 atom stereocenters. The lowest BCUT2D eigenvalue weighted by molar-refractivity contribution is 0.181. The summed E-state index contributed by atoms with van der Waals surface area (Å²) in [5, 5.41) is 10.9. The van der Waals surface area contributed by atoms with E-state index in [1.54, 1.807) is 32.5 Å². The lowest BCUT2D eigenvalue weighted by Gasteiger charge is -2.15. The van der Waals surface area contributed by atoms with Crippen LogP contribution in [0, 0.1) is 5.82 Å². The molecule has 0 fully saturated rings. The monoisotopic (exact) mass is 395 g/mol. The van der Waals surface area contributed by atoms with Crippen LogP contribution >= 0.6 is 0 Å². The number of aromatic nitrogens is 2. The molecule has 0 aliphatic heterocycles. The summed E-state index contributed by atoms with van der Waals surface area (Å²) in [6.07, 6.45) is 3.73. The van der Waals surface area contributed by atoms with E-state index in [0.29, 0.717) is 24.6 Å². The van der Waals surface area contributed by atoms with Crippen LogP contribution in [-0.2, 0) is 31.0 Å². The first-order valence-electron chi connectivity index (χ1n) is 9.44. The molecular weight excluding hydrogens is 369 g/mol. The van der Waals surface area contributed by atoms with Crippen LogP contribution in [0.2, 0.25) is 0 Å². The van der Waals surface area contributed by atoms with E-state index in [1.165, 1.54) is 17.2 Å². The van der Waals surface area contributed by atoms with Gasteiger partial charge in [0.2, 0.25) is 0 Å². The Bertz CT molecular complexity index is 940. The molecule has 0 saturated heterocycles. The Hall–Kier alpha value is -3.19. The SMILES string of the molecule is CN=C(NCc1ccc(F)c(COC)c1)NCc1ccccc1Cn1cccn1. The van der Waals surface area contributed by atoms with Crippen molar-refractivity contribution in [3.8, 4) is 0 Å². The van der Waals surface area contributed by atoms with E-state index >= 15 is 0 Å². The van der Waals surface area contributed by atoms with Gasteiger partial charge in [-0.1, -0.05) is 30.3 Å². The maximum Gasteiger partial charge on any atom is 0.191 e. The van der Waals surface area contributed by atoms with E-state index in [4.69, 9.17) is 4.74 Å². The third kappa shape index (κ3) is 5.89. The van der Waals surface area contributed by atoms with Crippen LogP contribution in [0.1, 0.15) is 22.3 Å². The molecule has 152 valence electrons. The molecule has 0 aliphatic carbocycles. The molecule has 7 heteroatoms. The minimum Gasteiger partial charge on any atom is -0.380 e. The fourth-order valence-corrected chi connectivity index (χ4v) is 3.04. The normalized spacial score (nSPS) is 11.5. The molecule has 3 rings (SSSR count). The number of guanidine groups is 1. The molecule has 1 heterocycles. The van der Waals surface area contributed by atoms with Crippen molar-refractivity contribution in [3.63, 3.8) is 0 Å². The number of halogens is 1. The Morgan fingerprint density at radius 1 is 1.07 bits per heavy atom. The molecule has 0 aliphatic rings. The minimum absolute atomic E-state index is 0.250. The number of aliphatic imine (C=N–C) groups is 1. The van der Waals surface area contributed by atoms with Gasteiger partial charge in [0.05, 0.1) is 13.2 Å². The average molecular weight is 395 g/mol. The summed E-state index contributed by atoms with van der Waals surface area (Å²) in [5.41, 5.74) is 3.87. The zero-order valence-electron chi connectivity index (χ0n) is 16.7. The predicted octanol–water partition coefficient (Wildman–Crippen LogP) is 3.08. The van der Waals surface area contributed by atoms with Gasteiger partial charge in [-0.25, -0.2) is 4.39 Å². The van der Waals surface area contributed by atoms with Crippen LogP contribution in [0.4, 0.5) is 4.39 Å². The number of nitrogens with zero attached hydrogens (tertiary/aromatic N) is 3. The summed E-state index contributed by atoms with van der Waals surface area (Å²) in [6.45, 7) is 2.13. The second kappa shape index (κ2) is 10.4. The lowest BCUT2D eigenvalue weighted by Crippen LogP contribution is -2.36. The van der Waals surface area contributed by atoms with Crippen molar-refractivity contribution < 1.29 is 9.13 Å². The number of ether oxygens (including phenoxy) is 1. The van der Waals surface area contributed by atoms with E-state index < -0.39 is 0 Å². The smallest absolute Gasteiger partial charge is 0.191 e. The number of rotatable bonds is 8. The highest BCUT2D eigenvalue weighted by atomic mass is 19.1. The number of benzene rings is 2. The summed E-state index contributed by atoms with van der Waals surface area (Å²) in [5.74, 6) is 0.420. The largest absolute Gasteiger partial charge is 0.380 e. The van der Waals surface area contributed by atoms with Crippen molar-refractivity contribution in [3.05, 3.63) is 89.0 Å². The fourth-order valence-electron chi connectivity index (χ4n) is 3.04. The Labute approximate surface area is 170 Å². The Morgan fingerprint density at radius 2 is 1.86 bits per heavy atom. The maximum atomic E-state index is 13.8. The summed E-state index contributed by atoms with van der Waals surface area (Å²) in [6, 6.07) is 15.2. The number of methoxy groups -OCH3 is 1. The Morgan fingerprint density at radius 3 is 2.59 bits per heavy atom. The van der Waals surface area contributed by atoms with Crippen LogP contribution in [0.3, 0.4) is 0 Å². The maximum absolute atomic E-state index is 13.8. The molecule has 0 spiro atoms. The van der Waals surface area contributed by atoms with E-state index in [2.05, 4.69) is 32.9 Å². The quantitative estimate of drug-likeness (QED) is 0.455. The summed E-state index contributed by atoms with van der Waals surface area (Å²) >= 11 is 0. The van der Waals surface area contributed by atoms with E-state index in [-0.39, 0.29) is 12.4 Å². The van der Waals surface area contributed by atoms with Gasteiger partial charge in [-0.05, 0) is 34.9 Å². The first-order valence-corrected chi connectivity index (χ1v) is 9.44. The fraction of sp³-hybridized carbons (Fsp3) is 0.273. The second-order valence-corrected chi connectivity index (χ2v) is 6.61. The van der Waals surface area contributed by atoms with Crippen molar-refractivity contribution >= 4 is 5.96 Å². The molecule has 1 aromatic heterocycles. The highest BCUT2D eigenvalue weighted by Crippen LogP contribution is 2.12.